The van der Waals surface area contributed by atoms with Crippen LogP contribution in [0.3, 0.4) is 0 Å². The van der Waals surface area contributed by atoms with Gasteiger partial charge in [0.1, 0.15) is 0 Å². The molecule has 4 N–H and O–H groups in total. The largest absolute Gasteiger partial charge is 0.479 e. The third kappa shape index (κ3) is 6.58. The average molecular weight is 582 g/mol. The van der Waals surface area contributed by atoms with Gasteiger partial charge in [-0.05, 0) is 65.8 Å². The van der Waals surface area contributed by atoms with Gasteiger partial charge in [0.2, 0.25) is 0 Å². The predicted octanol–water partition coefficient (Wildman–Crippen LogP) is 5.69. The molecule has 0 aliphatic heterocycles. The van der Waals surface area contributed by atoms with E-state index < -0.39 is 36.3 Å². The monoisotopic (exact) mass is 581 g/mol. The number of carboxylic acid groups (broad SMARTS) is 1. The summed E-state index contributed by atoms with van der Waals surface area (Å²) in [5.74, 6) is -1.94. The van der Waals surface area contributed by atoms with Crippen molar-refractivity contribution in [3.05, 3.63) is 105 Å². The van der Waals surface area contributed by atoms with E-state index >= 15 is 0 Å². The molecule has 41 heavy (non-hydrogen) atoms. The number of halogens is 3. The summed E-state index contributed by atoms with van der Waals surface area (Å²) >= 11 is 1.34. The summed E-state index contributed by atoms with van der Waals surface area (Å²) in [6, 6.07) is 17.7. The van der Waals surface area contributed by atoms with Crippen molar-refractivity contribution < 1.29 is 33.0 Å². The Labute approximate surface area is 237 Å². The van der Waals surface area contributed by atoms with Gasteiger partial charge in [-0.1, -0.05) is 42.5 Å². The number of aromatic nitrogens is 1. The Balaban J connectivity index is 1.39. The molecule has 2 atom stereocenters. The molecule has 0 bridgehead atoms. The zero-order valence-corrected chi connectivity index (χ0v) is 22.4. The van der Waals surface area contributed by atoms with Crippen LogP contribution in [-0.4, -0.2) is 39.7 Å². The first-order valence-corrected chi connectivity index (χ1v) is 13.8. The molecule has 1 heterocycles. The number of aliphatic carboxylic acids is 1. The lowest BCUT2D eigenvalue weighted by molar-refractivity contribution is -0.146. The standard InChI is InChI=1S/C30H26F3N3O4S/c31-30(32,33)23-12-10-18(11-13-23)24-16-41-29(35-24)36-26(22-9-4-17-2-1-3-21(17)14-22)19-5-7-20(8-6-19)27(38)34-15-25(37)28(39)40/h4-14,16,25-26,37H,1-3,15H2,(H,34,38)(H,35,36)(H,39,40)/t25-,26?/m1/s1. The Morgan fingerprint density at radius 2 is 1.63 bits per heavy atom. The van der Waals surface area contributed by atoms with Crippen LogP contribution < -0.4 is 10.6 Å². The number of hydrogen-bond acceptors (Lipinski definition) is 6. The molecular weight excluding hydrogens is 555 g/mol. The van der Waals surface area contributed by atoms with E-state index in [9.17, 15) is 27.9 Å². The summed E-state index contributed by atoms with van der Waals surface area (Å²) in [7, 11) is 0. The second kappa shape index (κ2) is 11.7. The number of benzene rings is 3. The van der Waals surface area contributed by atoms with Crippen LogP contribution in [0.25, 0.3) is 11.3 Å². The SMILES string of the molecule is O=C(NC[C@@H](O)C(=O)O)c1ccc(C(Nc2nc(-c3ccc(C(F)(F)F)cc3)cs2)c2ccc3c(c2)CCC3)cc1. The van der Waals surface area contributed by atoms with Crippen molar-refractivity contribution in [3.8, 4) is 11.3 Å². The molecule has 1 unspecified atom stereocenters. The number of rotatable bonds is 9. The molecule has 1 aliphatic rings. The smallest absolute Gasteiger partial charge is 0.416 e. The first kappa shape index (κ1) is 28.3. The van der Waals surface area contributed by atoms with Crippen LogP contribution >= 0.6 is 11.3 Å². The molecule has 0 fully saturated rings. The van der Waals surface area contributed by atoms with Gasteiger partial charge in [0.15, 0.2) is 11.2 Å². The van der Waals surface area contributed by atoms with Crippen molar-refractivity contribution >= 4 is 28.3 Å². The molecule has 212 valence electrons. The average Bonchev–Trinajstić information content (AvgIpc) is 3.63. The van der Waals surface area contributed by atoms with Crippen molar-refractivity contribution in [2.24, 2.45) is 0 Å². The highest BCUT2D eigenvalue weighted by atomic mass is 32.1. The minimum atomic E-state index is -4.41. The van der Waals surface area contributed by atoms with E-state index in [0.29, 0.717) is 22.0 Å². The van der Waals surface area contributed by atoms with Crippen LogP contribution in [0.15, 0.2) is 72.1 Å². The zero-order valence-electron chi connectivity index (χ0n) is 21.6. The normalized spacial score (nSPS) is 14.2. The van der Waals surface area contributed by atoms with Gasteiger partial charge in [-0.15, -0.1) is 11.3 Å². The lowest BCUT2D eigenvalue weighted by Crippen LogP contribution is -2.36. The molecule has 0 spiro atoms. The topological polar surface area (TPSA) is 112 Å². The van der Waals surface area contributed by atoms with Crippen molar-refractivity contribution in [2.45, 2.75) is 37.6 Å². The number of carboxylic acids is 1. The summed E-state index contributed by atoms with van der Waals surface area (Å²) < 4.78 is 38.9. The van der Waals surface area contributed by atoms with Crippen molar-refractivity contribution in [3.63, 3.8) is 0 Å². The summed E-state index contributed by atoms with van der Waals surface area (Å²) in [5.41, 5.74) is 5.15. The molecule has 11 heteroatoms. The lowest BCUT2D eigenvalue weighted by Gasteiger charge is -2.21. The van der Waals surface area contributed by atoms with Gasteiger partial charge in [0.25, 0.3) is 5.91 Å². The Morgan fingerprint density at radius 3 is 2.32 bits per heavy atom. The number of aliphatic hydroxyl groups excluding tert-OH is 1. The number of hydrogen-bond donors (Lipinski definition) is 4. The zero-order chi connectivity index (χ0) is 29.1. The summed E-state index contributed by atoms with van der Waals surface area (Å²) in [4.78, 5) is 27.9. The molecule has 7 nitrogen and oxygen atoms in total. The minimum Gasteiger partial charge on any atom is -0.479 e. The van der Waals surface area contributed by atoms with E-state index in [-0.39, 0.29) is 6.04 Å². The molecule has 5 rings (SSSR count). The minimum absolute atomic E-state index is 0.304. The molecule has 1 aromatic heterocycles. The highest BCUT2D eigenvalue weighted by Gasteiger charge is 2.30. The molecule has 1 amide bonds. The lowest BCUT2D eigenvalue weighted by atomic mass is 9.95. The van der Waals surface area contributed by atoms with E-state index in [1.165, 1.54) is 34.6 Å². The van der Waals surface area contributed by atoms with E-state index in [1.54, 1.807) is 29.6 Å². The van der Waals surface area contributed by atoms with Crippen LogP contribution in [-0.2, 0) is 23.8 Å². The van der Waals surface area contributed by atoms with Gasteiger partial charge in [-0.25, -0.2) is 9.78 Å². The Morgan fingerprint density at radius 1 is 0.951 bits per heavy atom. The van der Waals surface area contributed by atoms with E-state index in [2.05, 4.69) is 33.8 Å². The fourth-order valence-corrected chi connectivity index (χ4v) is 5.51. The van der Waals surface area contributed by atoms with Gasteiger partial charge in [0, 0.05) is 16.5 Å². The van der Waals surface area contributed by atoms with Crippen LogP contribution in [0, 0.1) is 0 Å². The molecule has 0 saturated heterocycles. The third-order valence-electron chi connectivity index (χ3n) is 6.98. The maximum atomic E-state index is 13.0. The predicted molar refractivity (Wildman–Crippen MR) is 149 cm³/mol. The number of alkyl halides is 3. The number of fused-ring (bicyclic) bond motifs is 1. The first-order valence-electron chi connectivity index (χ1n) is 12.9. The van der Waals surface area contributed by atoms with Gasteiger partial charge >= 0.3 is 12.1 Å². The fourth-order valence-electron chi connectivity index (χ4n) is 4.76. The van der Waals surface area contributed by atoms with Crippen molar-refractivity contribution in [1.82, 2.24) is 10.3 Å². The number of amides is 1. The van der Waals surface area contributed by atoms with Crippen molar-refractivity contribution in [1.29, 1.82) is 0 Å². The molecule has 0 saturated carbocycles. The van der Waals surface area contributed by atoms with Gasteiger partial charge in [0.05, 0.1) is 23.8 Å². The quantitative estimate of drug-likeness (QED) is 0.202. The molecule has 1 aliphatic carbocycles. The number of thiazole rings is 1. The Kier molecular flexibility index (Phi) is 8.09. The maximum absolute atomic E-state index is 13.0. The highest BCUT2D eigenvalue weighted by Crippen LogP contribution is 2.35. The number of anilines is 1. The van der Waals surface area contributed by atoms with Crippen LogP contribution in [0.2, 0.25) is 0 Å². The molecular formula is C30H26F3N3O4S. The van der Waals surface area contributed by atoms with Crippen molar-refractivity contribution in [2.75, 3.05) is 11.9 Å². The summed E-state index contributed by atoms with van der Waals surface area (Å²) in [5, 5.41) is 26.4. The summed E-state index contributed by atoms with van der Waals surface area (Å²) in [6.07, 6.45) is -2.98. The Hall–Kier alpha value is -4.22. The van der Waals surface area contributed by atoms with Crippen LogP contribution in [0.4, 0.5) is 18.3 Å². The molecule has 0 radical (unpaired) electrons. The van der Waals surface area contributed by atoms with Crippen LogP contribution in [0.5, 0.6) is 0 Å². The first-order chi connectivity index (χ1) is 19.6. The number of nitrogens with zero attached hydrogens (tertiary/aromatic N) is 1. The van der Waals surface area contributed by atoms with Crippen LogP contribution in [0.1, 0.15) is 50.6 Å². The van der Waals surface area contributed by atoms with Gasteiger partial charge in [-0.2, -0.15) is 13.2 Å². The van der Waals surface area contributed by atoms with E-state index in [1.807, 2.05) is 0 Å². The van der Waals surface area contributed by atoms with Gasteiger partial charge in [-0.3, -0.25) is 4.79 Å². The highest BCUT2D eigenvalue weighted by molar-refractivity contribution is 7.14. The fraction of sp³-hybridized carbons (Fsp3) is 0.233. The molecule has 4 aromatic rings. The Bertz CT molecular complexity index is 1550. The second-order valence-electron chi connectivity index (χ2n) is 9.76. The number of aliphatic hydroxyl groups is 1. The number of carbonyl (C=O) groups excluding carboxylic acids is 1. The maximum Gasteiger partial charge on any atom is 0.416 e. The van der Waals surface area contributed by atoms with E-state index in [0.717, 1.165) is 42.5 Å². The molecule has 3 aromatic carbocycles. The number of carbonyl (C=O) groups is 2. The number of aryl methyl sites for hydroxylation is 2. The second-order valence-corrected chi connectivity index (χ2v) is 10.6. The third-order valence-corrected chi connectivity index (χ3v) is 7.76. The van der Waals surface area contributed by atoms with Gasteiger partial charge < -0.3 is 20.8 Å². The number of nitrogens with one attached hydrogen (secondary N) is 2. The summed E-state index contributed by atoms with van der Waals surface area (Å²) in [6.45, 7) is -0.416. The van der Waals surface area contributed by atoms with E-state index in [4.69, 9.17) is 5.11 Å².